The predicted octanol–water partition coefficient (Wildman–Crippen LogP) is 1.44. The number of carbonyl (C=O) groups is 1. The number of likely N-dealkylation sites (N-methyl/N-ethyl adjacent to an activating group) is 1. The predicted molar refractivity (Wildman–Crippen MR) is 66.3 cm³/mol. The largest absolute Gasteiger partial charge is 0.345 e. The number of hydrogen-bond acceptors (Lipinski definition) is 2. The van der Waals surface area contributed by atoms with Crippen LogP contribution in [-0.2, 0) is 11.2 Å². The molecule has 0 atom stereocenters. The molecule has 0 aliphatic rings. The third-order valence-corrected chi connectivity index (χ3v) is 2.66. The molecule has 1 amide bonds. The van der Waals surface area contributed by atoms with Gasteiger partial charge < -0.3 is 10.2 Å². The van der Waals surface area contributed by atoms with Gasteiger partial charge in [0.15, 0.2) is 0 Å². The highest BCUT2D eigenvalue weighted by Gasteiger charge is 2.04. The lowest BCUT2D eigenvalue weighted by Crippen LogP contribution is -2.36. The van der Waals surface area contributed by atoms with Gasteiger partial charge in [0.2, 0.25) is 5.91 Å². The highest BCUT2D eigenvalue weighted by Crippen LogP contribution is 2.03. The van der Waals surface area contributed by atoms with E-state index in [1.807, 2.05) is 13.0 Å². The summed E-state index contributed by atoms with van der Waals surface area (Å²) in [4.78, 5) is 13.1. The lowest BCUT2D eigenvalue weighted by molar-refractivity contribution is -0.128. The summed E-state index contributed by atoms with van der Waals surface area (Å²) in [5, 5.41) is 3.05. The molecule has 94 valence electrons. The summed E-state index contributed by atoms with van der Waals surface area (Å²) >= 11 is 0. The fourth-order valence-corrected chi connectivity index (χ4v) is 1.43. The molecule has 0 saturated carbocycles. The molecule has 17 heavy (non-hydrogen) atoms. The van der Waals surface area contributed by atoms with Gasteiger partial charge in [-0.3, -0.25) is 4.79 Å². The molecule has 0 saturated heterocycles. The van der Waals surface area contributed by atoms with Crippen LogP contribution >= 0.6 is 0 Å². The maximum atomic E-state index is 12.9. The molecule has 4 heteroatoms. The maximum Gasteiger partial charge on any atom is 0.236 e. The first-order chi connectivity index (χ1) is 8.13. The molecule has 1 rings (SSSR count). The van der Waals surface area contributed by atoms with Crippen molar-refractivity contribution in [1.29, 1.82) is 0 Å². The van der Waals surface area contributed by atoms with Gasteiger partial charge in [-0.15, -0.1) is 0 Å². The summed E-state index contributed by atoms with van der Waals surface area (Å²) < 4.78 is 12.9. The Balaban J connectivity index is 2.22. The Morgan fingerprint density at radius 1 is 1.47 bits per heavy atom. The van der Waals surface area contributed by atoms with Crippen molar-refractivity contribution in [2.24, 2.45) is 0 Å². The normalized spacial score (nSPS) is 10.3. The monoisotopic (exact) mass is 238 g/mol. The average Bonchev–Trinajstić information content (AvgIpc) is 2.33. The fraction of sp³-hybridized carbons (Fsp3) is 0.462. The van der Waals surface area contributed by atoms with Crippen molar-refractivity contribution in [1.82, 2.24) is 10.2 Å². The number of benzene rings is 1. The molecule has 0 fully saturated rings. The molecule has 0 spiro atoms. The lowest BCUT2D eigenvalue weighted by atomic mass is 10.1. The first kappa shape index (κ1) is 13.6. The highest BCUT2D eigenvalue weighted by molar-refractivity contribution is 5.77. The summed E-state index contributed by atoms with van der Waals surface area (Å²) in [5.41, 5.74) is 0.939. The van der Waals surface area contributed by atoms with E-state index >= 15 is 0 Å². The number of carbonyl (C=O) groups excluding carboxylic acids is 1. The van der Waals surface area contributed by atoms with Crippen molar-refractivity contribution in [3.05, 3.63) is 35.6 Å². The Hall–Kier alpha value is -1.42. The van der Waals surface area contributed by atoms with E-state index in [0.717, 1.165) is 12.0 Å². The minimum Gasteiger partial charge on any atom is -0.345 e. The molecule has 0 bridgehead atoms. The number of nitrogens with one attached hydrogen (secondary N) is 1. The molecule has 0 aromatic heterocycles. The van der Waals surface area contributed by atoms with Gasteiger partial charge in [-0.2, -0.15) is 0 Å². The van der Waals surface area contributed by atoms with Crippen LogP contribution in [0.15, 0.2) is 24.3 Å². The highest BCUT2D eigenvalue weighted by atomic mass is 19.1. The molecule has 0 aliphatic carbocycles. The van der Waals surface area contributed by atoms with E-state index in [0.29, 0.717) is 19.6 Å². The number of halogens is 1. The Labute approximate surface area is 102 Å². The lowest BCUT2D eigenvalue weighted by Gasteiger charge is -2.14. The van der Waals surface area contributed by atoms with Gasteiger partial charge in [0, 0.05) is 13.6 Å². The van der Waals surface area contributed by atoms with Crippen molar-refractivity contribution < 1.29 is 9.18 Å². The van der Waals surface area contributed by atoms with Crippen LogP contribution in [0.4, 0.5) is 4.39 Å². The minimum absolute atomic E-state index is 0.0757. The molecular formula is C13H19FN2O. The van der Waals surface area contributed by atoms with Crippen LogP contribution in [0.5, 0.6) is 0 Å². The molecule has 0 aliphatic heterocycles. The van der Waals surface area contributed by atoms with Crippen molar-refractivity contribution in [3.63, 3.8) is 0 Å². The number of nitrogens with zero attached hydrogens (tertiary/aromatic N) is 1. The first-order valence-corrected chi connectivity index (χ1v) is 5.82. The van der Waals surface area contributed by atoms with E-state index in [-0.39, 0.29) is 11.7 Å². The van der Waals surface area contributed by atoms with Gasteiger partial charge in [-0.25, -0.2) is 4.39 Å². The standard InChI is InChI=1S/C13H19FN2O/c1-3-16(2)13(17)10-15-8-7-11-5-4-6-12(14)9-11/h4-6,9,15H,3,7-8,10H2,1-2H3. The third-order valence-electron chi connectivity index (χ3n) is 2.66. The van der Waals surface area contributed by atoms with Crippen molar-refractivity contribution in [3.8, 4) is 0 Å². The smallest absolute Gasteiger partial charge is 0.236 e. The maximum absolute atomic E-state index is 12.9. The summed E-state index contributed by atoms with van der Waals surface area (Å²) in [6, 6.07) is 6.52. The van der Waals surface area contributed by atoms with E-state index in [4.69, 9.17) is 0 Å². The zero-order valence-corrected chi connectivity index (χ0v) is 10.4. The van der Waals surface area contributed by atoms with Crippen LogP contribution in [0.3, 0.4) is 0 Å². The number of amides is 1. The Kier molecular flexibility index (Phi) is 5.63. The van der Waals surface area contributed by atoms with Crippen LogP contribution in [0.25, 0.3) is 0 Å². The summed E-state index contributed by atoms with van der Waals surface area (Å²) in [5.74, 6) is -0.143. The Morgan fingerprint density at radius 3 is 2.88 bits per heavy atom. The molecule has 1 aromatic carbocycles. The number of rotatable bonds is 6. The first-order valence-electron chi connectivity index (χ1n) is 5.82. The van der Waals surface area contributed by atoms with E-state index in [2.05, 4.69) is 5.32 Å². The third kappa shape index (κ3) is 4.95. The molecule has 1 N–H and O–H groups in total. The molecular weight excluding hydrogens is 219 g/mol. The average molecular weight is 238 g/mol. The molecule has 0 radical (unpaired) electrons. The van der Waals surface area contributed by atoms with Gasteiger partial charge >= 0.3 is 0 Å². The zero-order valence-electron chi connectivity index (χ0n) is 10.4. The second-order valence-electron chi connectivity index (χ2n) is 3.96. The van der Waals surface area contributed by atoms with Gasteiger partial charge in [0.1, 0.15) is 5.82 Å². The van der Waals surface area contributed by atoms with Crippen LogP contribution in [0.1, 0.15) is 12.5 Å². The second kappa shape index (κ2) is 7.01. The van der Waals surface area contributed by atoms with Gasteiger partial charge in [0.25, 0.3) is 0 Å². The molecule has 0 unspecified atom stereocenters. The van der Waals surface area contributed by atoms with Crippen molar-refractivity contribution >= 4 is 5.91 Å². The minimum atomic E-state index is -0.218. The van der Waals surface area contributed by atoms with Crippen molar-refractivity contribution in [2.45, 2.75) is 13.3 Å². The number of hydrogen-bond donors (Lipinski definition) is 1. The van der Waals surface area contributed by atoms with E-state index in [1.54, 1.807) is 18.0 Å². The quantitative estimate of drug-likeness (QED) is 0.761. The van der Waals surface area contributed by atoms with Gasteiger partial charge in [0.05, 0.1) is 6.54 Å². The van der Waals surface area contributed by atoms with Crippen LogP contribution in [-0.4, -0.2) is 37.5 Å². The van der Waals surface area contributed by atoms with Gasteiger partial charge in [-0.05, 0) is 37.6 Å². The Morgan fingerprint density at radius 2 is 2.24 bits per heavy atom. The summed E-state index contributed by atoms with van der Waals surface area (Å²) in [7, 11) is 1.77. The summed E-state index contributed by atoms with van der Waals surface area (Å²) in [6.45, 7) is 3.65. The molecule has 0 heterocycles. The van der Waals surface area contributed by atoms with E-state index < -0.39 is 0 Å². The zero-order chi connectivity index (χ0) is 12.7. The van der Waals surface area contributed by atoms with Crippen LogP contribution in [0, 0.1) is 5.82 Å². The topological polar surface area (TPSA) is 32.3 Å². The molecule has 3 nitrogen and oxygen atoms in total. The fourth-order valence-electron chi connectivity index (χ4n) is 1.43. The van der Waals surface area contributed by atoms with E-state index in [9.17, 15) is 9.18 Å². The van der Waals surface area contributed by atoms with Crippen LogP contribution < -0.4 is 5.32 Å². The van der Waals surface area contributed by atoms with E-state index in [1.165, 1.54) is 12.1 Å². The summed E-state index contributed by atoms with van der Waals surface area (Å²) in [6.07, 6.45) is 0.723. The van der Waals surface area contributed by atoms with Crippen LogP contribution in [0.2, 0.25) is 0 Å². The molecule has 1 aromatic rings. The van der Waals surface area contributed by atoms with Gasteiger partial charge in [-0.1, -0.05) is 12.1 Å². The SMILES string of the molecule is CCN(C)C(=O)CNCCc1cccc(F)c1. The second-order valence-corrected chi connectivity index (χ2v) is 3.96. The Bertz CT molecular complexity index is 368. The van der Waals surface area contributed by atoms with Crippen molar-refractivity contribution in [2.75, 3.05) is 26.7 Å².